The number of halogens is 1. The molecule has 0 aliphatic rings. The number of carbonyl (C=O) groups excluding carboxylic acids is 1. The Morgan fingerprint density at radius 1 is 0.906 bits per heavy atom. The van der Waals surface area contributed by atoms with Gasteiger partial charge < -0.3 is 4.74 Å². The molecular weight excluding hydrogens is 431 g/mol. The smallest absolute Gasteiger partial charge is 0.344 e. The molecule has 0 N–H and O–H groups in total. The Morgan fingerprint density at radius 2 is 1.53 bits per heavy atom. The van der Waals surface area contributed by atoms with E-state index in [-0.39, 0.29) is 26.9 Å². The highest BCUT2D eigenvalue weighted by molar-refractivity contribution is 7.91. The number of sulfone groups is 1. The topological polar surface area (TPSA) is 78.3 Å². The number of aryl methyl sites for hydroxylation is 2. The second-order valence-electron chi connectivity index (χ2n) is 7.18. The van der Waals surface area contributed by atoms with E-state index in [9.17, 15) is 17.6 Å². The van der Waals surface area contributed by atoms with Gasteiger partial charge in [-0.2, -0.15) is 9.78 Å². The van der Waals surface area contributed by atoms with E-state index in [0.29, 0.717) is 5.69 Å². The van der Waals surface area contributed by atoms with Gasteiger partial charge in [0.05, 0.1) is 21.8 Å². The Labute approximate surface area is 184 Å². The zero-order chi connectivity index (χ0) is 22.9. The average molecular weight is 450 g/mol. The molecule has 0 atom stereocenters. The van der Waals surface area contributed by atoms with Crippen molar-refractivity contribution in [1.82, 2.24) is 9.78 Å². The number of ether oxygens (including phenoxy) is 1. The fourth-order valence-corrected chi connectivity index (χ4v) is 4.72. The molecule has 162 valence electrons. The standard InChI is InChI=1S/C24H19FN2O4S/c1-16-8-14-21(15-9-16)32(29,30)22-17(2)26-27(20-6-4-3-5-7-20)23(22)31-24(28)18-10-12-19(25)13-11-18/h3-15H,1-2H3. The third-order valence-corrected chi connectivity index (χ3v) is 6.74. The first kappa shape index (κ1) is 21.5. The van der Waals surface area contributed by atoms with Gasteiger partial charge in [-0.1, -0.05) is 35.9 Å². The Kier molecular flexibility index (Phi) is 5.63. The molecule has 1 heterocycles. The molecular formula is C24H19FN2O4S. The molecule has 6 nitrogen and oxygen atoms in total. The molecule has 4 aromatic rings. The molecule has 1 aromatic heterocycles. The van der Waals surface area contributed by atoms with E-state index in [1.165, 1.54) is 35.9 Å². The van der Waals surface area contributed by atoms with E-state index in [2.05, 4.69) is 5.10 Å². The van der Waals surface area contributed by atoms with Gasteiger partial charge in [0.25, 0.3) is 0 Å². The van der Waals surface area contributed by atoms with Crippen molar-refractivity contribution in [3.8, 4) is 11.6 Å². The fraction of sp³-hybridized carbons (Fsp3) is 0.0833. The number of nitrogens with zero attached hydrogens (tertiary/aromatic N) is 2. The molecule has 0 aliphatic heterocycles. The highest BCUT2D eigenvalue weighted by Gasteiger charge is 2.32. The van der Waals surface area contributed by atoms with Crippen LogP contribution in [0.5, 0.6) is 5.88 Å². The van der Waals surface area contributed by atoms with Gasteiger partial charge in [0.2, 0.25) is 15.7 Å². The van der Waals surface area contributed by atoms with Crippen LogP contribution in [0.4, 0.5) is 4.39 Å². The third kappa shape index (κ3) is 4.04. The molecule has 0 fully saturated rings. The minimum Gasteiger partial charge on any atom is -0.402 e. The van der Waals surface area contributed by atoms with Crippen molar-refractivity contribution in [3.63, 3.8) is 0 Å². The van der Waals surface area contributed by atoms with Crippen LogP contribution >= 0.6 is 0 Å². The Hall–Kier alpha value is -3.78. The van der Waals surface area contributed by atoms with Crippen molar-refractivity contribution in [2.75, 3.05) is 0 Å². The Balaban J connectivity index is 1.88. The van der Waals surface area contributed by atoms with Crippen LogP contribution in [-0.2, 0) is 9.84 Å². The summed E-state index contributed by atoms with van der Waals surface area (Å²) < 4.78 is 47.1. The minimum atomic E-state index is -4.06. The molecule has 4 rings (SSSR count). The van der Waals surface area contributed by atoms with Crippen molar-refractivity contribution in [1.29, 1.82) is 0 Å². The maximum Gasteiger partial charge on any atom is 0.344 e. The molecule has 8 heteroatoms. The summed E-state index contributed by atoms with van der Waals surface area (Å²) in [5.74, 6) is -1.57. The molecule has 0 amide bonds. The zero-order valence-corrected chi connectivity index (χ0v) is 18.1. The summed E-state index contributed by atoms with van der Waals surface area (Å²) in [5, 5.41) is 4.35. The molecule has 0 saturated carbocycles. The summed E-state index contributed by atoms with van der Waals surface area (Å²) in [7, 11) is -4.06. The number of para-hydroxylation sites is 1. The van der Waals surface area contributed by atoms with Gasteiger partial charge in [-0.25, -0.2) is 17.6 Å². The first-order valence-corrected chi connectivity index (χ1v) is 11.2. The van der Waals surface area contributed by atoms with Gasteiger partial charge >= 0.3 is 5.97 Å². The van der Waals surface area contributed by atoms with Crippen LogP contribution < -0.4 is 4.74 Å². The summed E-state index contributed by atoms with van der Waals surface area (Å²) in [6, 6.07) is 19.9. The fourth-order valence-electron chi connectivity index (χ4n) is 3.20. The van der Waals surface area contributed by atoms with Gasteiger partial charge in [0.1, 0.15) is 5.82 Å². The molecule has 32 heavy (non-hydrogen) atoms. The maximum absolute atomic E-state index is 13.5. The lowest BCUT2D eigenvalue weighted by atomic mass is 10.2. The first-order chi connectivity index (χ1) is 15.3. The second-order valence-corrected chi connectivity index (χ2v) is 9.07. The number of aromatic nitrogens is 2. The van der Waals surface area contributed by atoms with Crippen molar-refractivity contribution < 1.29 is 22.3 Å². The number of rotatable bonds is 5. The molecule has 0 bridgehead atoms. The molecule has 0 unspecified atom stereocenters. The summed E-state index contributed by atoms with van der Waals surface area (Å²) in [6.07, 6.45) is 0. The van der Waals surface area contributed by atoms with E-state index in [1.807, 2.05) is 6.92 Å². The van der Waals surface area contributed by atoms with Gasteiger partial charge in [-0.15, -0.1) is 0 Å². The number of benzene rings is 3. The van der Waals surface area contributed by atoms with Crippen LogP contribution in [0.15, 0.2) is 88.7 Å². The second kappa shape index (κ2) is 8.39. The molecule has 3 aromatic carbocycles. The normalized spacial score (nSPS) is 11.3. The van der Waals surface area contributed by atoms with Gasteiger partial charge in [-0.3, -0.25) is 0 Å². The number of hydrogen-bond donors (Lipinski definition) is 0. The van der Waals surface area contributed by atoms with Crippen LogP contribution in [0.3, 0.4) is 0 Å². The lowest BCUT2D eigenvalue weighted by molar-refractivity contribution is 0.0718. The van der Waals surface area contributed by atoms with Crippen LogP contribution in [0.1, 0.15) is 21.6 Å². The molecule has 0 aliphatic carbocycles. The number of carbonyl (C=O) groups is 1. The van der Waals surface area contributed by atoms with Gasteiger partial charge in [-0.05, 0) is 62.4 Å². The highest BCUT2D eigenvalue weighted by atomic mass is 32.2. The Bertz CT molecular complexity index is 1380. The van der Waals surface area contributed by atoms with Crippen LogP contribution in [-0.4, -0.2) is 24.2 Å². The summed E-state index contributed by atoms with van der Waals surface area (Å²) in [6.45, 7) is 3.39. The third-order valence-electron chi connectivity index (χ3n) is 4.84. The minimum absolute atomic E-state index is 0.0536. The maximum atomic E-state index is 13.5. The van der Waals surface area contributed by atoms with Crippen molar-refractivity contribution in [2.24, 2.45) is 0 Å². The van der Waals surface area contributed by atoms with Crippen LogP contribution in [0, 0.1) is 19.7 Å². The zero-order valence-electron chi connectivity index (χ0n) is 17.3. The highest BCUT2D eigenvalue weighted by Crippen LogP contribution is 2.35. The van der Waals surface area contributed by atoms with E-state index in [0.717, 1.165) is 17.7 Å². The largest absolute Gasteiger partial charge is 0.402 e. The molecule has 0 radical (unpaired) electrons. The van der Waals surface area contributed by atoms with Crippen molar-refractivity contribution in [3.05, 3.63) is 102 Å². The number of esters is 1. The Morgan fingerprint density at radius 3 is 2.16 bits per heavy atom. The molecule has 0 saturated heterocycles. The van der Waals surface area contributed by atoms with Gasteiger partial charge in [0, 0.05) is 0 Å². The van der Waals surface area contributed by atoms with Crippen molar-refractivity contribution >= 4 is 15.8 Å². The van der Waals surface area contributed by atoms with Crippen LogP contribution in [0.25, 0.3) is 5.69 Å². The SMILES string of the molecule is Cc1ccc(S(=O)(=O)c2c(C)nn(-c3ccccc3)c2OC(=O)c2ccc(F)cc2)cc1. The average Bonchev–Trinajstić information content (AvgIpc) is 3.11. The lowest BCUT2D eigenvalue weighted by Crippen LogP contribution is -2.14. The molecule has 0 spiro atoms. The van der Waals surface area contributed by atoms with E-state index < -0.39 is 21.6 Å². The van der Waals surface area contributed by atoms with Crippen LogP contribution in [0.2, 0.25) is 0 Å². The summed E-state index contributed by atoms with van der Waals surface area (Å²) in [4.78, 5) is 12.6. The monoisotopic (exact) mass is 450 g/mol. The summed E-state index contributed by atoms with van der Waals surface area (Å²) in [5.41, 5.74) is 1.67. The van der Waals surface area contributed by atoms with E-state index in [4.69, 9.17) is 4.74 Å². The predicted octanol–water partition coefficient (Wildman–Crippen LogP) is 4.68. The first-order valence-electron chi connectivity index (χ1n) is 9.72. The number of hydrogen-bond acceptors (Lipinski definition) is 5. The van der Waals surface area contributed by atoms with E-state index >= 15 is 0 Å². The quantitative estimate of drug-likeness (QED) is 0.413. The summed E-state index contributed by atoms with van der Waals surface area (Å²) >= 11 is 0. The van der Waals surface area contributed by atoms with Gasteiger partial charge in [0.15, 0.2) is 4.90 Å². The lowest BCUT2D eigenvalue weighted by Gasteiger charge is -2.11. The predicted molar refractivity (Wildman–Crippen MR) is 116 cm³/mol. The van der Waals surface area contributed by atoms with Crippen molar-refractivity contribution in [2.45, 2.75) is 23.6 Å². The van der Waals surface area contributed by atoms with E-state index in [1.54, 1.807) is 42.5 Å².